The standard InChI is InChI=1S/C27H26BrN3O7/c1-16-7-5-6-8-20(16)27(34)38-21-10-9-19(28)11-18(21)14-30-31-24(32)15-29-26(33)17-12-22(35-2)25(37-4)23(13-17)36-3/h5-14H,15H2,1-4H3,(H,29,33)(H,31,32). The van der Waals surface area contributed by atoms with Crippen LogP contribution >= 0.6 is 15.9 Å². The van der Waals surface area contributed by atoms with Crippen LogP contribution in [0.15, 0.2) is 64.2 Å². The summed E-state index contributed by atoms with van der Waals surface area (Å²) in [4.78, 5) is 37.5. The van der Waals surface area contributed by atoms with E-state index in [9.17, 15) is 14.4 Å². The average Bonchev–Trinajstić information content (AvgIpc) is 2.92. The van der Waals surface area contributed by atoms with Gasteiger partial charge in [-0.15, -0.1) is 0 Å². The minimum Gasteiger partial charge on any atom is -0.493 e. The van der Waals surface area contributed by atoms with Crippen LogP contribution in [0.2, 0.25) is 0 Å². The van der Waals surface area contributed by atoms with Gasteiger partial charge in [0.2, 0.25) is 5.75 Å². The first-order valence-corrected chi connectivity index (χ1v) is 12.0. The summed E-state index contributed by atoms with van der Waals surface area (Å²) in [5, 5.41) is 6.43. The zero-order valence-corrected chi connectivity index (χ0v) is 22.7. The van der Waals surface area contributed by atoms with Crippen LogP contribution in [0.4, 0.5) is 0 Å². The Kier molecular flexibility index (Phi) is 9.83. The number of hydrazone groups is 1. The molecule has 0 unspecified atom stereocenters. The van der Waals surface area contributed by atoms with Crippen LogP contribution in [0, 0.1) is 6.92 Å². The van der Waals surface area contributed by atoms with Gasteiger partial charge in [0.05, 0.1) is 39.7 Å². The summed E-state index contributed by atoms with van der Waals surface area (Å²) in [6.45, 7) is 1.47. The van der Waals surface area contributed by atoms with Crippen LogP contribution in [0.3, 0.4) is 0 Å². The summed E-state index contributed by atoms with van der Waals surface area (Å²) in [7, 11) is 4.33. The molecule has 0 radical (unpaired) electrons. The molecule has 0 fully saturated rings. The molecule has 2 amide bonds. The lowest BCUT2D eigenvalue weighted by molar-refractivity contribution is -0.120. The van der Waals surface area contributed by atoms with Gasteiger partial charge in [-0.1, -0.05) is 34.1 Å². The highest BCUT2D eigenvalue weighted by Crippen LogP contribution is 2.38. The number of carbonyl (C=O) groups excluding carboxylic acids is 3. The molecular weight excluding hydrogens is 558 g/mol. The van der Waals surface area contributed by atoms with E-state index in [2.05, 4.69) is 31.8 Å². The first-order chi connectivity index (χ1) is 18.3. The Morgan fingerprint density at radius 2 is 1.61 bits per heavy atom. The lowest BCUT2D eigenvalue weighted by atomic mass is 10.1. The molecule has 0 heterocycles. The lowest BCUT2D eigenvalue weighted by Gasteiger charge is -2.14. The van der Waals surface area contributed by atoms with E-state index >= 15 is 0 Å². The second kappa shape index (κ2) is 13.2. The zero-order chi connectivity index (χ0) is 27.7. The van der Waals surface area contributed by atoms with E-state index in [1.54, 1.807) is 30.3 Å². The topological polar surface area (TPSA) is 125 Å². The third-order valence-electron chi connectivity index (χ3n) is 5.27. The van der Waals surface area contributed by atoms with Gasteiger partial charge in [0.25, 0.3) is 11.8 Å². The van der Waals surface area contributed by atoms with E-state index in [0.29, 0.717) is 28.4 Å². The van der Waals surface area contributed by atoms with Gasteiger partial charge in [-0.3, -0.25) is 9.59 Å². The summed E-state index contributed by atoms with van der Waals surface area (Å²) in [5.74, 6) is -0.404. The Bertz CT molecular complexity index is 1350. The fourth-order valence-corrected chi connectivity index (χ4v) is 3.74. The highest BCUT2D eigenvalue weighted by atomic mass is 79.9. The summed E-state index contributed by atoms with van der Waals surface area (Å²) in [5.41, 5.74) is 4.22. The molecular formula is C27H26BrN3O7. The minimum absolute atomic E-state index is 0.213. The molecule has 3 aromatic carbocycles. The number of aryl methyl sites for hydroxylation is 1. The molecule has 3 rings (SSSR count). The molecule has 0 saturated carbocycles. The highest BCUT2D eigenvalue weighted by Gasteiger charge is 2.18. The maximum Gasteiger partial charge on any atom is 0.343 e. The average molecular weight is 584 g/mol. The molecule has 0 bridgehead atoms. The Balaban J connectivity index is 1.63. The third kappa shape index (κ3) is 7.10. The number of amides is 2. The van der Waals surface area contributed by atoms with Gasteiger partial charge in [-0.2, -0.15) is 5.10 Å². The normalized spacial score (nSPS) is 10.6. The first kappa shape index (κ1) is 28.2. The van der Waals surface area contributed by atoms with Crippen molar-refractivity contribution in [2.24, 2.45) is 5.10 Å². The first-order valence-electron chi connectivity index (χ1n) is 11.2. The molecule has 0 atom stereocenters. The molecule has 198 valence electrons. The van der Waals surface area contributed by atoms with E-state index < -0.39 is 17.8 Å². The number of hydrogen-bond donors (Lipinski definition) is 2. The van der Waals surface area contributed by atoms with E-state index in [-0.39, 0.29) is 17.9 Å². The zero-order valence-electron chi connectivity index (χ0n) is 21.2. The maximum absolute atomic E-state index is 12.6. The van der Waals surface area contributed by atoms with Crippen molar-refractivity contribution in [1.82, 2.24) is 10.7 Å². The Morgan fingerprint density at radius 3 is 2.24 bits per heavy atom. The number of halogens is 1. The van der Waals surface area contributed by atoms with Crippen molar-refractivity contribution < 1.29 is 33.3 Å². The van der Waals surface area contributed by atoms with E-state index in [4.69, 9.17) is 18.9 Å². The van der Waals surface area contributed by atoms with Crippen molar-refractivity contribution >= 4 is 39.9 Å². The Labute approximate surface area is 228 Å². The second-order valence-corrected chi connectivity index (χ2v) is 8.69. The number of carbonyl (C=O) groups is 3. The second-order valence-electron chi connectivity index (χ2n) is 7.78. The summed E-state index contributed by atoms with van der Waals surface area (Å²) < 4.78 is 22.0. The Morgan fingerprint density at radius 1 is 0.921 bits per heavy atom. The lowest BCUT2D eigenvalue weighted by Crippen LogP contribution is -2.35. The fraction of sp³-hybridized carbons (Fsp3) is 0.185. The molecule has 0 aliphatic rings. The molecule has 0 spiro atoms. The molecule has 0 aliphatic heterocycles. The number of rotatable bonds is 10. The predicted molar refractivity (Wildman–Crippen MR) is 144 cm³/mol. The monoisotopic (exact) mass is 583 g/mol. The maximum atomic E-state index is 12.6. The fourth-order valence-electron chi connectivity index (χ4n) is 3.36. The van der Waals surface area contributed by atoms with Crippen LogP contribution in [0.25, 0.3) is 0 Å². The third-order valence-corrected chi connectivity index (χ3v) is 5.76. The van der Waals surface area contributed by atoms with Crippen LogP contribution in [-0.4, -0.2) is 51.9 Å². The smallest absolute Gasteiger partial charge is 0.343 e. The summed E-state index contributed by atoms with van der Waals surface area (Å²) in [6, 6.07) is 15.0. The molecule has 3 aromatic rings. The number of hydrogen-bond acceptors (Lipinski definition) is 8. The van der Waals surface area contributed by atoms with Crippen molar-refractivity contribution in [3.8, 4) is 23.0 Å². The van der Waals surface area contributed by atoms with Crippen molar-refractivity contribution in [2.75, 3.05) is 27.9 Å². The van der Waals surface area contributed by atoms with E-state index in [0.717, 1.165) is 10.0 Å². The molecule has 11 heteroatoms. The molecule has 10 nitrogen and oxygen atoms in total. The molecule has 0 saturated heterocycles. The van der Waals surface area contributed by atoms with Gasteiger partial charge in [-0.25, -0.2) is 10.2 Å². The van der Waals surface area contributed by atoms with Gasteiger partial charge in [0.15, 0.2) is 11.5 Å². The molecule has 0 aromatic heterocycles. The van der Waals surface area contributed by atoms with E-state index in [1.807, 2.05) is 19.1 Å². The van der Waals surface area contributed by atoms with Crippen molar-refractivity contribution in [3.05, 3.63) is 81.3 Å². The number of nitrogens with one attached hydrogen (secondary N) is 2. The summed E-state index contributed by atoms with van der Waals surface area (Å²) in [6.07, 6.45) is 1.34. The van der Waals surface area contributed by atoms with Crippen LogP contribution < -0.4 is 29.7 Å². The van der Waals surface area contributed by atoms with Gasteiger partial charge in [-0.05, 0) is 48.9 Å². The molecule has 0 aliphatic carbocycles. The molecule has 2 N–H and O–H groups in total. The van der Waals surface area contributed by atoms with Crippen molar-refractivity contribution in [2.45, 2.75) is 6.92 Å². The van der Waals surface area contributed by atoms with Crippen LogP contribution in [0.1, 0.15) is 31.8 Å². The SMILES string of the molecule is COc1cc(C(=O)NCC(=O)NN=Cc2cc(Br)ccc2OC(=O)c2ccccc2C)cc(OC)c1OC. The number of ether oxygens (including phenoxy) is 4. The summed E-state index contributed by atoms with van der Waals surface area (Å²) >= 11 is 3.37. The number of esters is 1. The Hall–Kier alpha value is -4.38. The largest absolute Gasteiger partial charge is 0.493 e. The number of nitrogens with zero attached hydrogens (tertiary/aromatic N) is 1. The molecule has 38 heavy (non-hydrogen) atoms. The van der Waals surface area contributed by atoms with Crippen molar-refractivity contribution in [1.29, 1.82) is 0 Å². The number of methoxy groups -OCH3 is 3. The van der Waals surface area contributed by atoms with Gasteiger partial charge in [0, 0.05) is 15.6 Å². The van der Waals surface area contributed by atoms with Gasteiger partial charge >= 0.3 is 5.97 Å². The highest BCUT2D eigenvalue weighted by molar-refractivity contribution is 9.10. The van der Waals surface area contributed by atoms with E-state index in [1.165, 1.54) is 39.7 Å². The van der Waals surface area contributed by atoms with Gasteiger partial charge < -0.3 is 24.3 Å². The van der Waals surface area contributed by atoms with Gasteiger partial charge in [0.1, 0.15) is 5.75 Å². The minimum atomic E-state index is -0.574. The number of benzene rings is 3. The van der Waals surface area contributed by atoms with Crippen LogP contribution in [0.5, 0.6) is 23.0 Å². The predicted octanol–water partition coefficient (Wildman–Crippen LogP) is 3.88. The van der Waals surface area contributed by atoms with Crippen molar-refractivity contribution in [3.63, 3.8) is 0 Å². The van der Waals surface area contributed by atoms with Crippen LogP contribution in [-0.2, 0) is 4.79 Å². The quantitative estimate of drug-likeness (QED) is 0.160.